The van der Waals surface area contributed by atoms with Crippen LogP contribution in [0.1, 0.15) is 0 Å². The first-order valence-corrected chi connectivity index (χ1v) is 2.38. The molecule has 0 aliphatic heterocycles. The van der Waals surface area contributed by atoms with Gasteiger partial charge in [-0.2, -0.15) is 0 Å². The third-order valence-electron chi connectivity index (χ3n) is 0.432. The lowest BCUT2D eigenvalue weighted by Gasteiger charge is -1.64. The molecule has 0 spiro atoms. The van der Waals surface area contributed by atoms with Gasteiger partial charge in [-0.15, -0.1) is 11.3 Å². The van der Waals surface area contributed by atoms with Crippen LogP contribution in [-0.4, -0.2) is 4.98 Å². The van der Waals surface area contributed by atoms with E-state index in [0.717, 1.165) is 0 Å². The second-order valence-corrected chi connectivity index (χ2v) is 1.73. The number of nitrogens with zero attached hydrogens (tertiary/aromatic N) is 1. The Morgan fingerprint density at radius 2 is 2.67 bits per heavy atom. The highest BCUT2D eigenvalue weighted by Crippen LogP contribution is 2.04. The van der Waals surface area contributed by atoms with Crippen LogP contribution in [-0.2, 0) is 0 Å². The van der Waals surface area contributed by atoms with Crippen LogP contribution in [0.15, 0.2) is 11.6 Å². The first-order chi connectivity index (χ1) is 2.89. The molecule has 0 saturated heterocycles. The summed E-state index contributed by atoms with van der Waals surface area (Å²) in [7, 11) is 0. The van der Waals surface area contributed by atoms with Gasteiger partial charge in [0.2, 0.25) is 5.13 Å². The molecule has 31 valence electrons. The number of hydrogen-bond acceptors (Lipinski definition) is 2. The lowest BCUT2D eigenvalue weighted by atomic mass is 11.0. The Morgan fingerprint density at radius 3 is 2.83 bits per heavy atom. The zero-order valence-corrected chi connectivity index (χ0v) is 3.83. The van der Waals surface area contributed by atoms with E-state index in [1.54, 1.807) is 11.6 Å². The Hall–Kier alpha value is -0.570. The summed E-state index contributed by atoms with van der Waals surface area (Å²) in [5.41, 5.74) is 6.78. The second-order valence-electron chi connectivity index (χ2n) is 0.837. The van der Waals surface area contributed by atoms with Gasteiger partial charge in [0.05, 0.1) is 0 Å². The largest absolute Gasteiger partial charge is 0.274 e. The molecule has 0 bridgehead atoms. The summed E-state index contributed by atoms with van der Waals surface area (Å²) in [6.45, 7) is 0. The number of rotatable bonds is 0. The van der Waals surface area contributed by atoms with E-state index in [1.807, 2.05) is 0 Å². The molecule has 0 aromatic carbocycles. The standard InChI is InChI=1S/C3H3N2S/c4-3-5-1-2-6-3/h1-2,4H. The molecule has 1 aromatic rings. The van der Waals surface area contributed by atoms with Gasteiger partial charge in [-0.1, -0.05) is 0 Å². The molecule has 0 unspecified atom stereocenters. The lowest BCUT2D eigenvalue weighted by molar-refractivity contribution is 1.34. The van der Waals surface area contributed by atoms with Crippen molar-refractivity contribution in [3.8, 4) is 0 Å². The zero-order chi connectivity index (χ0) is 4.41. The van der Waals surface area contributed by atoms with Crippen molar-refractivity contribution in [1.29, 1.82) is 0 Å². The number of thiazole rings is 1. The zero-order valence-electron chi connectivity index (χ0n) is 3.01. The average molecular weight is 99.1 g/mol. The van der Waals surface area contributed by atoms with Gasteiger partial charge in [-0.05, 0) is 0 Å². The van der Waals surface area contributed by atoms with Gasteiger partial charge in [0.25, 0.3) is 0 Å². The highest BCUT2D eigenvalue weighted by molar-refractivity contribution is 7.13. The maximum atomic E-state index is 6.78. The Kier molecular flexibility index (Phi) is 0.759. The molecule has 0 amide bonds. The molecule has 0 aliphatic carbocycles. The van der Waals surface area contributed by atoms with E-state index < -0.39 is 0 Å². The van der Waals surface area contributed by atoms with Gasteiger partial charge in [-0.25, -0.2) is 4.98 Å². The Bertz CT molecular complexity index is 112. The van der Waals surface area contributed by atoms with E-state index in [1.165, 1.54) is 11.3 Å². The lowest BCUT2D eigenvalue weighted by Crippen LogP contribution is -1.56. The molecule has 0 fully saturated rings. The molecule has 1 N–H and O–H groups in total. The maximum absolute atomic E-state index is 6.78. The van der Waals surface area contributed by atoms with Gasteiger partial charge < -0.3 is 0 Å². The summed E-state index contributed by atoms with van der Waals surface area (Å²) >= 11 is 1.33. The van der Waals surface area contributed by atoms with Crippen LogP contribution in [0.4, 0.5) is 5.13 Å². The fourth-order valence-electron chi connectivity index (χ4n) is 0.223. The van der Waals surface area contributed by atoms with Gasteiger partial charge in [0, 0.05) is 11.6 Å². The predicted molar refractivity (Wildman–Crippen MR) is 24.9 cm³/mol. The average Bonchev–Trinajstić information content (AvgIpc) is 1.86. The summed E-state index contributed by atoms with van der Waals surface area (Å²) in [5, 5.41) is 2.16. The summed E-state index contributed by atoms with van der Waals surface area (Å²) in [6.07, 6.45) is 1.62. The molecule has 1 rings (SSSR count). The number of nitrogens with one attached hydrogen (secondary N) is 1. The predicted octanol–water partition coefficient (Wildman–Crippen LogP) is 1.06. The molecular weight excluding hydrogens is 96.1 g/mol. The third kappa shape index (κ3) is 0.490. The summed E-state index contributed by atoms with van der Waals surface area (Å²) in [4.78, 5) is 3.60. The van der Waals surface area contributed by atoms with E-state index in [9.17, 15) is 0 Å². The topological polar surface area (TPSA) is 36.7 Å². The molecule has 1 aromatic heterocycles. The van der Waals surface area contributed by atoms with E-state index in [2.05, 4.69) is 4.98 Å². The highest BCUT2D eigenvalue weighted by Gasteiger charge is 1.78. The molecule has 1 heterocycles. The Labute approximate surface area is 39.6 Å². The second kappa shape index (κ2) is 1.26. The summed E-state index contributed by atoms with van der Waals surface area (Å²) < 4.78 is 0. The van der Waals surface area contributed by atoms with E-state index in [-0.39, 0.29) is 0 Å². The Morgan fingerprint density at radius 1 is 1.83 bits per heavy atom. The van der Waals surface area contributed by atoms with Crippen molar-refractivity contribution in [2.75, 3.05) is 0 Å². The van der Waals surface area contributed by atoms with Crippen LogP contribution < -0.4 is 5.73 Å². The van der Waals surface area contributed by atoms with Crippen LogP contribution in [0, 0.1) is 0 Å². The summed E-state index contributed by atoms with van der Waals surface area (Å²) in [5.74, 6) is 0. The molecule has 0 aliphatic rings. The van der Waals surface area contributed by atoms with Crippen molar-refractivity contribution in [3.63, 3.8) is 0 Å². The van der Waals surface area contributed by atoms with E-state index in [4.69, 9.17) is 5.73 Å². The van der Waals surface area contributed by atoms with Gasteiger partial charge >= 0.3 is 0 Å². The molecule has 0 atom stereocenters. The fraction of sp³-hybridized carbons (Fsp3) is 0. The van der Waals surface area contributed by atoms with Crippen molar-refractivity contribution >= 4 is 16.5 Å². The smallest absolute Gasteiger partial charge is 0.201 e. The van der Waals surface area contributed by atoms with Crippen molar-refractivity contribution in [2.45, 2.75) is 0 Å². The van der Waals surface area contributed by atoms with Gasteiger partial charge in [0.1, 0.15) is 0 Å². The normalized spacial score (nSPS) is 8.67. The SMILES string of the molecule is [NH]c1nccs1. The quantitative estimate of drug-likeness (QED) is 0.479. The number of hydrogen-bond donors (Lipinski definition) is 0. The van der Waals surface area contributed by atoms with Crippen molar-refractivity contribution in [3.05, 3.63) is 11.6 Å². The van der Waals surface area contributed by atoms with E-state index >= 15 is 0 Å². The minimum Gasteiger partial charge on any atom is -0.274 e. The monoisotopic (exact) mass is 99.0 g/mol. The van der Waals surface area contributed by atoms with Crippen molar-refractivity contribution < 1.29 is 0 Å². The van der Waals surface area contributed by atoms with Crippen molar-refractivity contribution in [2.24, 2.45) is 0 Å². The van der Waals surface area contributed by atoms with Crippen LogP contribution >= 0.6 is 11.3 Å². The molecule has 3 heteroatoms. The maximum Gasteiger partial charge on any atom is 0.201 e. The van der Waals surface area contributed by atoms with Gasteiger partial charge in [0.15, 0.2) is 0 Å². The fourth-order valence-corrected chi connectivity index (χ4v) is 0.596. The summed E-state index contributed by atoms with van der Waals surface area (Å²) in [6, 6.07) is 0. The highest BCUT2D eigenvalue weighted by atomic mass is 32.1. The Balaban J connectivity index is 3.05. The molecule has 1 radical (unpaired) electrons. The molecule has 2 nitrogen and oxygen atoms in total. The van der Waals surface area contributed by atoms with Crippen LogP contribution in [0.2, 0.25) is 0 Å². The first kappa shape index (κ1) is 3.61. The number of aromatic nitrogens is 1. The molecule has 6 heavy (non-hydrogen) atoms. The van der Waals surface area contributed by atoms with Crippen LogP contribution in [0.5, 0.6) is 0 Å². The minimum absolute atomic E-state index is 0.384. The molecule has 0 saturated carbocycles. The van der Waals surface area contributed by atoms with Crippen LogP contribution in [0.25, 0.3) is 0 Å². The van der Waals surface area contributed by atoms with E-state index in [0.29, 0.717) is 5.13 Å². The van der Waals surface area contributed by atoms with Crippen molar-refractivity contribution in [1.82, 2.24) is 10.7 Å². The third-order valence-corrected chi connectivity index (χ3v) is 1.02. The van der Waals surface area contributed by atoms with Crippen LogP contribution in [0.3, 0.4) is 0 Å². The molecular formula is C3H3N2S. The first-order valence-electron chi connectivity index (χ1n) is 1.50. The minimum atomic E-state index is 0.384. The van der Waals surface area contributed by atoms with Gasteiger partial charge in [-0.3, -0.25) is 5.73 Å².